The maximum Gasteiger partial charge on any atom is 0.339 e. The van der Waals surface area contributed by atoms with Crippen LogP contribution in [0, 0.1) is 0 Å². The molecule has 0 aromatic heterocycles. The van der Waals surface area contributed by atoms with E-state index in [1.165, 1.54) is 0 Å². The van der Waals surface area contributed by atoms with Crippen molar-refractivity contribution in [1.29, 1.82) is 0 Å². The van der Waals surface area contributed by atoms with Gasteiger partial charge in [0, 0.05) is 24.2 Å². The molecular weight excluding hydrogens is 328 g/mol. The van der Waals surface area contributed by atoms with Crippen LogP contribution in [0.3, 0.4) is 0 Å². The van der Waals surface area contributed by atoms with Crippen LogP contribution in [-0.4, -0.2) is 29.9 Å². The lowest BCUT2D eigenvalue weighted by Crippen LogP contribution is -2.40. The Kier molecular flexibility index (Phi) is 3.03. The third-order valence-corrected chi connectivity index (χ3v) is 6.07. The molecule has 0 bridgehead atoms. The predicted octanol–water partition coefficient (Wildman–Crippen LogP) is 2.60. The third kappa shape index (κ3) is 2.03. The van der Waals surface area contributed by atoms with E-state index in [-0.39, 0.29) is 11.9 Å². The second-order valence-corrected chi connectivity index (χ2v) is 7.61. The fourth-order valence-electron chi connectivity index (χ4n) is 4.46. The van der Waals surface area contributed by atoms with Gasteiger partial charge >= 0.3 is 5.97 Å². The number of hydrogen-bond acceptors (Lipinski definition) is 4. The molecule has 26 heavy (non-hydrogen) atoms. The first-order chi connectivity index (χ1) is 12.5. The summed E-state index contributed by atoms with van der Waals surface area (Å²) in [6, 6.07) is 15.1. The number of ether oxygens (including phenoxy) is 1. The standard InChI is InChI=1S/C21H20N2O3/c22-15-7-5-14(6-8-15)20(9-10-20)19(25)23-12-11-21(13-23)17-4-2-1-3-16(17)18(24)26-21/h1-8H,9-13,22H2/t21-/m0/s1. The number of likely N-dealkylation sites (tertiary alicyclic amines) is 1. The largest absolute Gasteiger partial charge is 0.449 e. The van der Waals surface area contributed by atoms with Gasteiger partial charge in [0.1, 0.15) is 0 Å². The van der Waals surface area contributed by atoms with E-state index in [4.69, 9.17) is 10.5 Å². The average molecular weight is 348 g/mol. The minimum Gasteiger partial charge on any atom is -0.449 e. The van der Waals surface area contributed by atoms with Gasteiger partial charge in [-0.1, -0.05) is 30.3 Å². The molecule has 1 spiro atoms. The average Bonchev–Trinajstić information content (AvgIpc) is 3.28. The lowest BCUT2D eigenvalue weighted by Gasteiger charge is -2.27. The number of carbonyl (C=O) groups excluding carboxylic acids is 2. The van der Waals surface area contributed by atoms with Gasteiger partial charge in [0.15, 0.2) is 5.60 Å². The number of benzene rings is 2. The van der Waals surface area contributed by atoms with E-state index >= 15 is 0 Å². The summed E-state index contributed by atoms with van der Waals surface area (Å²) in [6.45, 7) is 1.04. The lowest BCUT2D eigenvalue weighted by atomic mass is 9.91. The summed E-state index contributed by atoms with van der Waals surface area (Å²) in [4.78, 5) is 27.4. The number of esters is 1. The third-order valence-electron chi connectivity index (χ3n) is 6.07. The highest BCUT2D eigenvalue weighted by Gasteiger charge is 2.57. The zero-order valence-electron chi connectivity index (χ0n) is 14.4. The van der Waals surface area contributed by atoms with Crippen LogP contribution in [0.2, 0.25) is 0 Å². The van der Waals surface area contributed by atoms with Gasteiger partial charge in [-0.25, -0.2) is 4.79 Å². The van der Waals surface area contributed by atoms with Gasteiger partial charge in [0.2, 0.25) is 5.91 Å². The molecule has 2 fully saturated rings. The number of carbonyl (C=O) groups is 2. The van der Waals surface area contributed by atoms with Crippen molar-refractivity contribution in [3.05, 3.63) is 65.2 Å². The summed E-state index contributed by atoms with van der Waals surface area (Å²) in [5.41, 5.74) is 7.94. The van der Waals surface area contributed by atoms with Crippen molar-refractivity contribution < 1.29 is 14.3 Å². The van der Waals surface area contributed by atoms with E-state index in [1.807, 2.05) is 47.4 Å². The van der Waals surface area contributed by atoms with Crippen LogP contribution >= 0.6 is 0 Å². The van der Waals surface area contributed by atoms with Crippen LogP contribution in [-0.2, 0) is 20.5 Å². The smallest absolute Gasteiger partial charge is 0.339 e. The fraction of sp³-hybridized carbons (Fsp3) is 0.333. The van der Waals surface area contributed by atoms with Crippen molar-refractivity contribution >= 4 is 17.6 Å². The van der Waals surface area contributed by atoms with Crippen molar-refractivity contribution in [3.8, 4) is 0 Å². The van der Waals surface area contributed by atoms with Crippen molar-refractivity contribution in [3.63, 3.8) is 0 Å². The normalized spacial score (nSPS) is 25.2. The van der Waals surface area contributed by atoms with Crippen molar-refractivity contribution in [2.24, 2.45) is 0 Å². The van der Waals surface area contributed by atoms with E-state index in [0.717, 1.165) is 24.0 Å². The van der Waals surface area contributed by atoms with Gasteiger partial charge in [0.25, 0.3) is 0 Å². The SMILES string of the molecule is Nc1ccc(C2(C(=O)N3CC[C@@]4(C3)OC(=O)c3ccccc34)CC2)cc1. The molecule has 2 aliphatic heterocycles. The van der Waals surface area contributed by atoms with Gasteiger partial charge in [0.05, 0.1) is 17.5 Å². The Balaban J connectivity index is 1.43. The molecule has 2 N–H and O–H groups in total. The summed E-state index contributed by atoms with van der Waals surface area (Å²) in [5, 5.41) is 0. The van der Waals surface area contributed by atoms with Gasteiger partial charge in [-0.3, -0.25) is 4.79 Å². The molecule has 1 amide bonds. The van der Waals surface area contributed by atoms with Gasteiger partial charge in [-0.2, -0.15) is 0 Å². The Labute approximate surface area is 151 Å². The van der Waals surface area contributed by atoms with E-state index < -0.39 is 11.0 Å². The van der Waals surface area contributed by atoms with Crippen molar-refractivity contribution in [1.82, 2.24) is 4.90 Å². The first-order valence-electron chi connectivity index (χ1n) is 9.02. The molecule has 1 aliphatic carbocycles. The fourth-order valence-corrected chi connectivity index (χ4v) is 4.46. The van der Waals surface area contributed by atoms with Crippen LogP contribution in [0.4, 0.5) is 5.69 Å². The Hall–Kier alpha value is -2.82. The highest BCUT2D eigenvalue weighted by molar-refractivity contribution is 5.96. The number of amides is 1. The zero-order chi connectivity index (χ0) is 17.9. The Morgan fingerprint density at radius 1 is 1.04 bits per heavy atom. The van der Waals surface area contributed by atoms with Crippen LogP contribution in [0.5, 0.6) is 0 Å². The summed E-state index contributed by atoms with van der Waals surface area (Å²) in [5.74, 6) is -0.144. The molecule has 5 nitrogen and oxygen atoms in total. The van der Waals surface area contributed by atoms with Crippen molar-refractivity contribution in [2.75, 3.05) is 18.8 Å². The number of nitrogens with zero attached hydrogens (tertiary/aromatic N) is 1. The van der Waals surface area contributed by atoms with E-state index in [2.05, 4.69) is 0 Å². The maximum atomic E-state index is 13.3. The summed E-state index contributed by atoms with van der Waals surface area (Å²) >= 11 is 0. The molecule has 5 heteroatoms. The van der Waals surface area contributed by atoms with Crippen LogP contribution in [0.25, 0.3) is 0 Å². The predicted molar refractivity (Wildman–Crippen MR) is 96.5 cm³/mol. The van der Waals surface area contributed by atoms with E-state index in [9.17, 15) is 9.59 Å². The summed E-state index contributed by atoms with van der Waals surface area (Å²) in [7, 11) is 0. The maximum absolute atomic E-state index is 13.3. The van der Waals surface area contributed by atoms with Crippen LogP contribution < -0.4 is 5.73 Å². The quantitative estimate of drug-likeness (QED) is 0.669. The molecule has 1 saturated carbocycles. The summed E-state index contributed by atoms with van der Waals surface area (Å²) < 4.78 is 5.77. The lowest BCUT2D eigenvalue weighted by molar-refractivity contribution is -0.134. The monoisotopic (exact) mass is 348 g/mol. The first-order valence-corrected chi connectivity index (χ1v) is 9.02. The molecule has 3 aliphatic rings. The zero-order valence-corrected chi connectivity index (χ0v) is 14.4. The van der Waals surface area contributed by atoms with E-state index in [1.54, 1.807) is 6.07 Å². The Morgan fingerprint density at radius 2 is 1.77 bits per heavy atom. The second-order valence-electron chi connectivity index (χ2n) is 7.61. The van der Waals surface area contributed by atoms with Gasteiger partial charge < -0.3 is 15.4 Å². The summed E-state index contributed by atoms with van der Waals surface area (Å²) in [6.07, 6.45) is 2.37. The van der Waals surface area contributed by atoms with Gasteiger partial charge in [-0.05, 0) is 36.6 Å². The molecule has 132 valence electrons. The minimum absolute atomic E-state index is 0.138. The van der Waals surface area contributed by atoms with E-state index in [0.29, 0.717) is 30.8 Å². The highest BCUT2D eigenvalue weighted by atomic mass is 16.6. The number of rotatable bonds is 2. The molecule has 0 unspecified atom stereocenters. The minimum atomic E-state index is -0.680. The molecule has 2 aromatic rings. The second kappa shape index (κ2) is 5.10. The molecule has 1 atom stereocenters. The number of anilines is 1. The molecule has 1 saturated heterocycles. The number of hydrogen-bond donors (Lipinski definition) is 1. The Morgan fingerprint density at radius 3 is 2.50 bits per heavy atom. The molecule has 0 radical (unpaired) electrons. The molecule has 2 heterocycles. The first kappa shape index (κ1) is 15.4. The van der Waals surface area contributed by atoms with Crippen LogP contribution in [0.1, 0.15) is 40.7 Å². The topological polar surface area (TPSA) is 72.6 Å². The van der Waals surface area contributed by atoms with Crippen molar-refractivity contribution in [2.45, 2.75) is 30.3 Å². The molecular formula is C21H20N2O3. The van der Waals surface area contributed by atoms with Crippen LogP contribution in [0.15, 0.2) is 48.5 Å². The highest BCUT2D eigenvalue weighted by Crippen LogP contribution is 2.52. The Bertz CT molecular complexity index is 917. The number of nitrogens with two attached hydrogens (primary N) is 1. The number of fused-ring (bicyclic) bond motifs is 2. The molecule has 5 rings (SSSR count). The van der Waals surface area contributed by atoms with Gasteiger partial charge in [-0.15, -0.1) is 0 Å². The molecule has 2 aromatic carbocycles. The number of nitrogen functional groups attached to an aromatic ring is 1.